The van der Waals surface area contributed by atoms with Crippen LogP contribution in [0.1, 0.15) is 13.3 Å². The van der Waals surface area contributed by atoms with E-state index in [1.54, 1.807) is 11.8 Å². The summed E-state index contributed by atoms with van der Waals surface area (Å²) in [7, 11) is 0. The molecule has 0 bridgehead atoms. The molecule has 2 aliphatic rings. The van der Waals surface area contributed by atoms with Crippen molar-refractivity contribution in [1.29, 1.82) is 0 Å². The predicted molar refractivity (Wildman–Crippen MR) is 66.1 cm³/mol. The second-order valence-electron chi connectivity index (χ2n) is 4.79. The van der Waals surface area contributed by atoms with E-state index < -0.39 is 0 Å². The molecule has 1 atom stereocenters. The van der Waals surface area contributed by atoms with Crippen LogP contribution < -0.4 is 5.32 Å². The number of hydrogen-bond donors (Lipinski definition) is 1. The van der Waals surface area contributed by atoms with Gasteiger partial charge in [-0.15, -0.1) is 0 Å². The summed E-state index contributed by atoms with van der Waals surface area (Å²) in [5.41, 5.74) is 0. The molecule has 102 valence electrons. The summed E-state index contributed by atoms with van der Waals surface area (Å²) in [5, 5.41) is 3.22. The minimum Gasteiger partial charge on any atom is -0.375 e. The molecule has 0 aromatic heterocycles. The zero-order valence-corrected chi connectivity index (χ0v) is 10.9. The molecule has 2 aliphatic heterocycles. The van der Waals surface area contributed by atoms with Crippen molar-refractivity contribution in [1.82, 2.24) is 15.1 Å². The third-order valence-corrected chi connectivity index (χ3v) is 3.48. The van der Waals surface area contributed by atoms with E-state index in [4.69, 9.17) is 4.74 Å². The summed E-state index contributed by atoms with van der Waals surface area (Å²) in [5.74, 6) is 0.216. The number of rotatable bonds is 2. The first kappa shape index (κ1) is 13.3. The summed E-state index contributed by atoms with van der Waals surface area (Å²) in [6.07, 6.45) is 0.435. The number of morpholine rings is 1. The van der Waals surface area contributed by atoms with Gasteiger partial charge in [-0.1, -0.05) is 0 Å². The number of nitrogens with zero attached hydrogens (tertiary/aromatic N) is 2. The molecule has 6 nitrogen and oxygen atoms in total. The van der Waals surface area contributed by atoms with Crippen molar-refractivity contribution < 1.29 is 14.3 Å². The normalized spacial score (nSPS) is 25.1. The molecule has 2 saturated heterocycles. The maximum absolute atomic E-state index is 12.1. The minimum absolute atomic E-state index is 0.00270. The molecule has 2 heterocycles. The molecule has 6 heteroatoms. The Morgan fingerprint density at radius 2 is 1.89 bits per heavy atom. The SMILES string of the molecule is CC(=O)N1CCN(C(=O)CC2CNCCO2)CC1. The Balaban J connectivity index is 1.75. The van der Waals surface area contributed by atoms with Gasteiger partial charge in [0.05, 0.1) is 19.1 Å². The monoisotopic (exact) mass is 255 g/mol. The second-order valence-corrected chi connectivity index (χ2v) is 4.79. The van der Waals surface area contributed by atoms with Crippen LogP contribution in [0.2, 0.25) is 0 Å². The molecule has 0 saturated carbocycles. The Morgan fingerprint density at radius 1 is 1.22 bits per heavy atom. The summed E-state index contributed by atoms with van der Waals surface area (Å²) in [4.78, 5) is 26.9. The molecular formula is C12H21N3O3. The average Bonchev–Trinajstić information content (AvgIpc) is 2.40. The highest BCUT2D eigenvalue weighted by atomic mass is 16.5. The standard InChI is InChI=1S/C12H21N3O3/c1-10(16)14-3-5-15(6-4-14)12(17)8-11-9-13-2-7-18-11/h11,13H,2-9H2,1H3. The average molecular weight is 255 g/mol. The predicted octanol–water partition coefficient (Wildman–Crippen LogP) is -0.944. The fourth-order valence-electron chi connectivity index (χ4n) is 2.35. The quantitative estimate of drug-likeness (QED) is 0.691. The van der Waals surface area contributed by atoms with Crippen molar-refractivity contribution in [2.75, 3.05) is 45.9 Å². The topological polar surface area (TPSA) is 61.9 Å². The van der Waals surface area contributed by atoms with Crippen LogP contribution in [0.25, 0.3) is 0 Å². The van der Waals surface area contributed by atoms with Gasteiger partial charge >= 0.3 is 0 Å². The first-order chi connectivity index (χ1) is 8.66. The van der Waals surface area contributed by atoms with Crippen molar-refractivity contribution in [3.63, 3.8) is 0 Å². The Morgan fingerprint density at radius 3 is 2.44 bits per heavy atom. The lowest BCUT2D eigenvalue weighted by atomic mass is 10.2. The number of amides is 2. The number of hydrogen-bond acceptors (Lipinski definition) is 4. The van der Waals surface area contributed by atoms with Gasteiger partial charge in [0, 0.05) is 46.2 Å². The molecule has 1 unspecified atom stereocenters. The largest absolute Gasteiger partial charge is 0.375 e. The van der Waals surface area contributed by atoms with E-state index in [1.165, 1.54) is 0 Å². The molecule has 1 N–H and O–H groups in total. The smallest absolute Gasteiger partial charge is 0.225 e. The van der Waals surface area contributed by atoms with Crippen LogP contribution in [-0.4, -0.2) is 73.6 Å². The molecule has 0 radical (unpaired) electrons. The lowest BCUT2D eigenvalue weighted by Gasteiger charge is -2.35. The maximum atomic E-state index is 12.1. The van der Waals surface area contributed by atoms with Crippen LogP contribution in [0, 0.1) is 0 Å². The van der Waals surface area contributed by atoms with Gasteiger partial charge in [0.15, 0.2) is 0 Å². The summed E-state index contributed by atoms with van der Waals surface area (Å²) in [6, 6.07) is 0. The van der Waals surface area contributed by atoms with E-state index in [1.807, 2.05) is 4.90 Å². The van der Waals surface area contributed by atoms with Gasteiger partial charge in [-0.25, -0.2) is 0 Å². The Bertz CT molecular complexity index is 308. The number of nitrogens with one attached hydrogen (secondary N) is 1. The van der Waals surface area contributed by atoms with Crippen molar-refractivity contribution in [3.05, 3.63) is 0 Å². The Kier molecular flexibility index (Phi) is 4.54. The Hall–Kier alpha value is -1.14. The first-order valence-corrected chi connectivity index (χ1v) is 6.52. The molecule has 2 rings (SSSR count). The van der Waals surface area contributed by atoms with Crippen molar-refractivity contribution >= 4 is 11.8 Å². The Labute approximate surface area is 107 Å². The molecule has 18 heavy (non-hydrogen) atoms. The van der Waals surface area contributed by atoms with Gasteiger partial charge in [-0.2, -0.15) is 0 Å². The summed E-state index contributed by atoms with van der Waals surface area (Å²) in [6.45, 7) is 6.42. The van der Waals surface area contributed by atoms with E-state index in [0.717, 1.165) is 13.1 Å². The van der Waals surface area contributed by atoms with Gasteiger partial charge < -0.3 is 19.9 Å². The zero-order valence-electron chi connectivity index (χ0n) is 10.9. The van der Waals surface area contributed by atoms with E-state index in [2.05, 4.69) is 5.32 Å². The van der Waals surface area contributed by atoms with E-state index >= 15 is 0 Å². The van der Waals surface area contributed by atoms with Crippen molar-refractivity contribution in [2.24, 2.45) is 0 Å². The maximum Gasteiger partial charge on any atom is 0.225 e. The summed E-state index contributed by atoms with van der Waals surface area (Å²) >= 11 is 0. The minimum atomic E-state index is -0.00270. The van der Waals surface area contributed by atoms with Crippen LogP contribution in [0.4, 0.5) is 0 Å². The first-order valence-electron chi connectivity index (χ1n) is 6.52. The van der Waals surface area contributed by atoms with Crippen LogP contribution in [0.3, 0.4) is 0 Å². The van der Waals surface area contributed by atoms with Gasteiger partial charge in [0.1, 0.15) is 0 Å². The van der Waals surface area contributed by atoms with Crippen LogP contribution in [-0.2, 0) is 14.3 Å². The van der Waals surface area contributed by atoms with Gasteiger partial charge in [0.25, 0.3) is 0 Å². The lowest BCUT2D eigenvalue weighted by molar-refractivity contribution is -0.140. The number of carbonyl (C=O) groups is 2. The van der Waals surface area contributed by atoms with Crippen LogP contribution >= 0.6 is 0 Å². The van der Waals surface area contributed by atoms with E-state index in [0.29, 0.717) is 39.2 Å². The van der Waals surface area contributed by atoms with Crippen LogP contribution in [0.15, 0.2) is 0 Å². The number of piperazine rings is 1. The highest BCUT2D eigenvalue weighted by molar-refractivity contribution is 5.78. The van der Waals surface area contributed by atoms with Crippen LogP contribution in [0.5, 0.6) is 0 Å². The zero-order chi connectivity index (χ0) is 13.0. The van der Waals surface area contributed by atoms with Gasteiger partial charge in [0.2, 0.25) is 11.8 Å². The molecule has 0 aromatic rings. The fourth-order valence-corrected chi connectivity index (χ4v) is 2.35. The second kappa shape index (κ2) is 6.15. The molecule has 0 aliphatic carbocycles. The van der Waals surface area contributed by atoms with E-state index in [-0.39, 0.29) is 17.9 Å². The third kappa shape index (κ3) is 3.43. The van der Waals surface area contributed by atoms with Gasteiger partial charge in [-0.05, 0) is 0 Å². The van der Waals surface area contributed by atoms with E-state index in [9.17, 15) is 9.59 Å². The summed E-state index contributed by atoms with van der Waals surface area (Å²) < 4.78 is 5.52. The number of carbonyl (C=O) groups excluding carboxylic acids is 2. The number of ether oxygens (including phenoxy) is 1. The van der Waals surface area contributed by atoms with Crippen molar-refractivity contribution in [2.45, 2.75) is 19.4 Å². The lowest BCUT2D eigenvalue weighted by Crippen LogP contribution is -2.51. The molecule has 2 amide bonds. The fraction of sp³-hybridized carbons (Fsp3) is 0.833. The highest BCUT2D eigenvalue weighted by Gasteiger charge is 2.25. The third-order valence-electron chi connectivity index (χ3n) is 3.48. The molecule has 0 spiro atoms. The molecule has 0 aromatic carbocycles. The van der Waals surface area contributed by atoms with Gasteiger partial charge in [-0.3, -0.25) is 9.59 Å². The highest BCUT2D eigenvalue weighted by Crippen LogP contribution is 2.08. The molecule has 2 fully saturated rings. The van der Waals surface area contributed by atoms with Crippen molar-refractivity contribution in [3.8, 4) is 0 Å². The molecular weight excluding hydrogens is 234 g/mol.